The number of H-pyrrole nitrogens is 1. The summed E-state index contributed by atoms with van der Waals surface area (Å²) < 4.78 is 5.83. The fourth-order valence-electron chi connectivity index (χ4n) is 5.03. The lowest BCUT2D eigenvalue weighted by molar-refractivity contribution is -0.123. The van der Waals surface area contributed by atoms with Crippen molar-refractivity contribution in [1.82, 2.24) is 20.2 Å². The summed E-state index contributed by atoms with van der Waals surface area (Å²) in [6, 6.07) is 15.7. The van der Waals surface area contributed by atoms with E-state index in [1.54, 1.807) is 6.07 Å². The molecular weight excluding hydrogens is 416 g/mol. The highest BCUT2D eigenvalue weighted by Crippen LogP contribution is 2.29. The zero-order valence-corrected chi connectivity index (χ0v) is 18.8. The molecule has 1 fully saturated rings. The molecule has 33 heavy (non-hydrogen) atoms. The van der Waals surface area contributed by atoms with Gasteiger partial charge in [0.15, 0.2) is 0 Å². The third-order valence-electron chi connectivity index (χ3n) is 6.59. The number of aryl methyl sites for hydroxylation is 1. The molecule has 2 aromatic carbocycles. The highest BCUT2D eigenvalue weighted by atomic mass is 16.5. The minimum Gasteiger partial charge on any atom is -0.377 e. The molecular formula is C26H30N4O3. The van der Waals surface area contributed by atoms with Crippen molar-refractivity contribution in [3.63, 3.8) is 0 Å². The van der Waals surface area contributed by atoms with Crippen LogP contribution in [0.15, 0.2) is 53.3 Å². The van der Waals surface area contributed by atoms with E-state index in [0.29, 0.717) is 29.8 Å². The van der Waals surface area contributed by atoms with Crippen LogP contribution in [0.4, 0.5) is 0 Å². The summed E-state index contributed by atoms with van der Waals surface area (Å²) >= 11 is 0. The van der Waals surface area contributed by atoms with Gasteiger partial charge in [0.1, 0.15) is 5.82 Å². The third kappa shape index (κ3) is 5.15. The average molecular weight is 447 g/mol. The van der Waals surface area contributed by atoms with E-state index in [1.165, 1.54) is 11.1 Å². The summed E-state index contributed by atoms with van der Waals surface area (Å²) in [5.41, 5.74) is 3.05. The molecule has 1 amide bonds. The Hall–Kier alpha value is -3.03. The van der Waals surface area contributed by atoms with Crippen molar-refractivity contribution in [2.75, 3.05) is 19.7 Å². The van der Waals surface area contributed by atoms with Crippen molar-refractivity contribution >= 4 is 16.8 Å². The van der Waals surface area contributed by atoms with Crippen LogP contribution in [0.1, 0.15) is 48.7 Å². The molecule has 3 aromatic rings. The summed E-state index contributed by atoms with van der Waals surface area (Å²) in [7, 11) is 0. The predicted molar refractivity (Wildman–Crippen MR) is 127 cm³/mol. The Balaban J connectivity index is 1.31. The number of ether oxygens (including phenoxy) is 1. The lowest BCUT2D eigenvalue weighted by Crippen LogP contribution is -2.42. The number of hydrogen-bond acceptors (Lipinski definition) is 5. The summed E-state index contributed by atoms with van der Waals surface area (Å²) in [6.45, 7) is 2.00. The molecule has 2 unspecified atom stereocenters. The third-order valence-corrected chi connectivity index (χ3v) is 6.59. The van der Waals surface area contributed by atoms with Gasteiger partial charge >= 0.3 is 0 Å². The van der Waals surface area contributed by atoms with Crippen LogP contribution in [0, 0.1) is 0 Å². The fraction of sp³-hybridized carbons (Fsp3) is 0.423. The van der Waals surface area contributed by atoms with Gasteiger partial charge in [0.2, 0.25) is 5.91 Å². The molecule has 0 spiro atoms. The van der Waals surface area contributed by atoms with Gasteiger partial charge in [-0.3, -0.25) is 14.5 Å². The van der Waals surface area contributed by atoms with Crippen molar-refractivity contribution in [1.29, 1.82) is 0 Å². The SMILES string of the molecule is O=C(CN(Cc1nc2ccccc2c(=O)[nH]1)CC1CCCO1)NC1CCCc2ccccc21. The second kappa shape index (κ2) is 9.85. The van der Waals surface area contributed by atoms with Gasteiger partial charge in [-0.1, -0.05) is 36.4 Å². The van der Waals surface area contributed by atoms with E-state index in [2.05, 4.69) is 33.5 Å². The quantitative estimate of drug-likeness (QED) is 0.582. The van der Waals surface area contributed by atoms with Crippen LogP contribution in [0.3, 0.4) is 0 Å². The number of nitrogens with zero attached hydrogens (tertiary/aromatic N) is 2. The van der Waals surface area contributed by atoms with Crippen LogP contribution in [-0.2, 0) is 22.5 Å². The van der Waals surface area contributed by atoms with Crippen LogP contribution >= 0.6 is 0 Å². The summed E-state index contributed by atoms with van der Waals surface area (Å²) in [5.74, 6) is 0.547. The Morgan fingerprint density at radius 2 is 1.97 bits per heavy atom. The summed E-state index contributed by atoms with van der Waals surface area (Å²) in [5, 5.41) is 3.81. The van der Waals surface area contributed by atoms with Crippen LogP contribution < -0.4 is 10.9 Å². The largest absolute Gasteiger partial charge is 0.377 e. The van der Waals surface area contributed by atoms with Crippen molar-refractivity contribution in [3.8, 4) is 0 Å². The lowest BCUT2D eigenvalue weighted by Gasteiger charge is -2.28. The predicted octanol–water partition coefficient (Wildman–Crippen LogP) is 3.10. The van der Waals surface area contributed by atoms with Gasteiger partial charge in [0.05, 0.1) is 36.1 Å². The fourth-order valence-corrected chi connectivity index (χ4v) is 5.03. The maximum atomic E-state index is 13.1. The van der Waals surface area contributed by atoms with E-state index in [0.717, 1.165) is 38.7 Å². The van der Waals surface area contributed by atoms with Gasteiger partial charge in [0, 0.05) is 13.2 Å². The standard InChI is InChI=1S/C26H30N4O3/c31-25(28-22-13-5-8-18-7-1-2-10-20(18)22)17-30(15-19-9-6-14-33-19)16-24-27-23-12-4-3-11-21(23)26(32)29-24/h1-4,7,10-12,19,22H,5-6,8-9,13-17H2,(H,28,31)(H,27,29,32). The van der Waals surface area contributed by atoms with E-state index in [1.807, 2.05) is 29.2 Å². The molecule has 2 atom stereocenters. The first-order valence-corrected chi connectivity index (χ1v) is 11.8. The van der Waals surface area contributed by atoms with E-state index in [-0.39, 0.29) is 30.2 Å². The number of rotatable bonds is 7. The van der Waals surface area contributed by atoms with Crippen molar-refractivity contribution in [3.05, 3.63) is 75.8 Å². The molecule has 7 heteroatoms. The molecule has 0 radical (unpaired) electrons. The number of hydrogen-bond donors (Lipinski definition) is 2. The van der Waals surface area contributed by atoms with Crippen LogP contribution in [0.5, 0.6) is 0 Å². The van der Waals surface area contributed by atoms with Gasteiger partial charge < -0.3 is 15.0 Å². The van der Waals surface area contributed by atoms with E-state index < -0.39 is 0 Å². The van der Waals surface area contributed by atoms with Gasteiger partial charge in [-0.15, -0.1) is 0 Å². The van der Waals surface area contributed by atoms with Gasteiger partial charge in [-0.05, 0) is 55.4 Å². The minimum atomic E-state index is -0.157. The molecule has 2 aliphatic rings. The number of carbonyl (C=O) groups excluding carboxylic acids is 1. The Labute approximate surface area is 193 Å². The van der Waals surface area contributed by atoms with E-state index in [4.69, 9.17) is 4.74 Å². The number of nitrogens with one attached hydrogen (secondary N) is 2. The number of aromatic amines is 1. The Morgan fingerprint density at radius 1 is 1.12 bits per heavy atom. The number of benzene rings is 2. The number of para-hydroxylation sites is 1. The second-order valence-corrected chi connectivity index (χ2v) is 9.05. The van der Waals surface area contributed by atoms with E-state index in [9.17, 15) is 9.59 Å². The molecule has 5 rings (SSSR count). The Morgan fingerprint density at radius 3 is 2.85 bits per heavy atom. The smallest absolute Gasteiger partial charge is 0.258 e. The monoisotopic (exact) mass is 446 g/mol. The number of carbonyl (C=O) groups is 1. The lowest BCUT2D eigenvalue weighted by atomic mass is 9.88. The van der Waals surface area contributed by atoms with Crippen molar-refractivity contribution in [2.45, 2.75) is 50.8 Å². The highest BCUT2D eigenvalue weighted by molar-refractivity contribution is 5.79. The maximum Gasteiger partial charge on any atom is 0.258 e. The summed E-state index contributed by atoms with van der Waals surface area (Å²) in [4.78, 5) is 35.2. The molecule has 1 saturated heterocycles. The zero-order chi connectivity index (χ0) is 22.6. The van der Waals surface area contributed by atoms with Gasteiger partial charge in [0.25, 0.3) is 5.56 Å². The Bertz CT molecular complexity index is 1190. The van der Waals surface area contributed by atoms with Crippen molar-refractivity contribution < 1.29 is 9.53 Å². The first kappa shape index (κ1) is 21.8. The second-order valence-electron chi connectivity index (χ2n) is 9.05. The Kier molecular flexibility index (Phi) is 6.51. The molecule has 1 aliphatic heterocycles. The normalized spacial score (nSPS) is 20.2. The number of aromatic nitrogens is 2. The zero-order valence-electron chi connectivity index (χ0n) is 18.8. The van der Waals surface area contributed by atoms with Crippen LogP contribution in [0.2, 0.25) is 0 Å². The minimum absolute atomic E-state index is 0.0159. The maximum absolute atomic E-state index is 13.1. The highest BCUT2D eigenvalue weighted by Gasteiger charge is 2.25. The molecule has 2 N–H and O–H groups in total. The molecule has 1 aromatic heterocycles. The molecule has 2 heterocycles. The first-order valence-electron chi connectivity index (χ1n) is 11.8. The average Bonchev–Trinajstić information content (AvgIpc) is 3.32. The molecule has 0 saturated carbocycles. The molecule has 172 valence electrons. The van der Waals surface area contributed by atoms with Gasteiger partial charge in [-0.2, -0.15) is 0 Å². The van der Waals surface area contributed by atoms with Crippen LogP contribution in [0.25, 0.3) is 10.9 Å². The van der Waals surface area contributed by atoms with Crippen LogP contribution in [-0.4, -0.2) is 46.6 Å². The summed E-state index contributed by atoms with van der Waals surface area (Å²) in [6.07, 6.45) is 5.21. The molecule has 0 bridgehead atoms. The number of amides is 1. The van der Waals surface area contributed by atoms with E-state index >= 15 is 0 Å². The van der Waals surface area contributed by atoms with Gasteiger partial charge in [-0.25, -0.2) is 4.98 Å². The first-order chi connectivity index (χ1) is 16.2. The topological polar surface area (TPSA) is 87.3 Å². The number of fused-ring (bicyclic) bond motifs is 2. The molecule has 1 aliphatic carbocycles. The van der Waals surface area contributed by atoms with Crippen molar-refractivity contribution in [2.24, 2.45) is 0 Å². The molecule has 7 nitrogen and oxygen atoms in total.